The molecule has 0 spiro atoms. The Labute approximate surface area is 347 Å². The predicted molar refractivity (Wildman–Crippen MR) is 255 cm³/mol. The van der Waals surface area contributed by atoms with Gasteiger partial charge in [0.1, 0.15) is 11.2 Å². The Bertz CT molecular complexity index is 3740. The van der Waals surface area contributed by atoms with Gasteiger partial charge in [0.15, 0.2) is 0 Å². The zero-order valence-electron chi connectivity index (χ0n) is 33.4. The standard InChI is InChI=1S/C59H38O/c1-59(2)52-33-32-50-43-28-27-37(34-53(43)60-58(50)56(52)51-29-26-36-15-4-6-18-40(36)57(51)59)39-30-31-49(42-20-8-7-19-41(39)42)55-47-23-11-9-21-45(47)54(46-22-10-12-24-48(46)55)44-25-13-16-35-14-3-5-17-38(35)44/h3-34H,1-2H3. The molecule has 1 aliphatic carbocycles. The van der Waals surface area contributed by atoms with Crippen molar-refractivity contribution in [3.05, 3.63) is 205 Å². The second kappa shape index (κ2) is 12.3. The highest BCUT2D eigenvalue weighted by Crippen LogP contribution is 2.55. The normalized spacial score (nSPS) is 13.3. The van der Waals surface area contributed by atoms with E-state index in [1.807, 2.05) is 0 Å². The number of furan rings is 1. The van der Waals surface area contributed by atoms with Gasteiger partial charge >= 0.3 is 0 Å². The van der Waals surface area contributed by atoms with Crippen molar-refractivity contribution < 1.29 is 4.42 Å². The van der Waals surface area contributed by atoms with Crippen molar-refractivity contribution in [2.45, 2.75) is 19.3 Å². The third-order valence-corrected chi connectivity index (χ3v) is 13.6. The van der Waals surface area contributed by atoms with Gasteiger partial charge in [-0.3, -0.25) is 0 Å². The van der Waals surface area contributed by atoms with E-state index < -0.39 is 0 Å². The Morgan fingerprint density at radius 3 is 1.52 bits per heavy atom. The van der Waals surface area contributed by atoms with Crippen LogP contribution < -0.4 is 0 Å². The van der Waals surface area contributed by atoms with E-state index in [9.17, 15) is 0 Å². The van der Waals surface area contributed by atoms with E-state index in [4.69, 9.17) is 4.42 Å². The summed E-state index contributed by atoms with van der Waals surface area (Å²) in [6.45, 7) is 4.72. The van der Waals surface area contributed by atoms with Crippen LogP contribution in [0.4, 0.5) is 0 Å². The number of hydrogen-bond donors (Lipinski definition) is 0. The van der Waals surface area contributed by atoms with Gasteiger partial charge in [0.25, 0.3) is 0 Å². The Hall–Kier alpha value is -7.48. The molecule has 0 aliphatic heterocycles. The zero-order valence-corrected chi connectivity index (χ0v) is 33.4. The molecule has 0 atom stereocenters. The SMILES string of the molecule is CC1(C)c2ccc3c(oc4cc(-c5ccc(-c6c7ccccc7c(-c7cccc8ccccc78)c7ccccc67)c6ccccc56)ccc43)c2-c2ccc3ccccc3c21. The van der Waals surface area contributed by atoms with Gasteiger partial charge in [-0.05, 0) is 116 Å². The smallest absolute Gasteiger partial charge is 0.143 e. The minimum atomic E-state index is -0.141. The molecule has 0 saturated heterocycles. The van der Waals surface area contributed by atoms with Crippen LogP contribution >= 0.6 is 0 Å². The first-order valence-electron chi connectivity index (χ1n) is 21.0. The maximum absolute atomic E-state index is 7.00. The lowest BCUT2D eigenvalue weighted by atomic mass is 9.80. The van der Waals surface area contributed by atoms with Crippen LogP contribution in [0.2, 0.25) is 0 Å². The van der Waals surface area contributed by atoms with Crippen LogP contribution in [0, 0.1) is 0 Å². The summed E-state index contributed by atoms with van der Waals surface area (Å²) >= 11 is 0. The first-order valence-corrected chi connectivity index (χ1v) is 21.0. The molecule has 0 radical (unpaired) electrons. The van der Waals surface area contributed by atoms with E-state index in [1.165, 1.54) is 104 Å². The van der Waals surface area contributed by atoms with Crippen molar-refractivity contribution >= 4 is 75.8 Å². The molecule has 1 heteroatoms. The second-order valence-electron chi connectivity index (χ2n) is 17.1. The third-order valence-electron chi connectivity index (χ3n) is 13.6. The molecule has 0 N–H and O–H groups in total. The lowest BCUT2D eigenvalue weighted by Gasteiger charge is -2.23. The molecule has 0 unspecified atom stereocenters. The Morgan fingerprint density at radius 1 is 0.333 bits per heavy atom. The van der Waals surface area contributed by atoms with Crippen LogP contribution in [-0.4, -0.2) is 0 Å². The van der Waals surface area contributed by atoms with Gasteiger partial charge in [-0.2, -0.15) is 0 Å². The first kappa shape index (κ1) is 33.5. The summed E-state index contributed by atoms with van der Waals surface area (Å²) in [5.41, 5.74) is 14.4. The molecular weight excluding hydrogens is 725 g/mol. The van der Waals surface area contributed by atoms with Gasteiger partial charge in [0.2, 0.25) is 0 Å². The summed E-state index contributed by atoms with van der Waals surface area (Å²) in [6, 6.07) is 71.7. The predicted octanol–water partition coefficient (Wildman–Crippen LogP) is 16.7. The molecule has 0 amide bonds. The van der Waals surface area contributed by atoms with Crippen molar-refractivity contribution in [1.82, 2.24) is 0 Å². The topological polar surface area (TPSA) is 13.1 Å². The van der Waals surface area contributed by atoms with E-state index in [1.54, 1.807) is 0 Å². The Balaban J connectivity index is 1.01. The average molecular weight is 763 g/mol. The summed E-state index contributed by atoms with van der Waals surface area (Å²) < 4.78 is 7.00. The van der Waals surface area contributed by atoms with Crippen LogP contribution in [0.1, 0.15) is 25.0 Å². The molecule has 1 nitrogen and oxygen atoms in total. The summed E-state index contributed by atoms with van der Waals surface area (Å²) in [7, 11) is 0. The third kappa shape index (κ3) is 4.52. The van der Waals surface area contributed by atoms with Crippen molar-refractivity contribution in [2.24, 2.45) is 0 Å². The van der Waals surface area contributed by atoms with Gasteiger partial charge in [-0.15, -0.1) is 0 Å². The molecule has 1 heterocycles. The molecule has 1 aromatic heterocycles. The maximum atomic E-state index is 7.00. The molecule has 280 valence electrons. The monoisotopic (exact) mass is 762 g/mol. The summed E-state index contributed by atoms with van der Waals surface area (Å²) in [6.07, 6.45) is 0. The fourth-order valence-corrected chi connectivity index (χ4v) is 11.0. The van der Waals surface area contributed by atoms with Gasteiger partial charge in [-0.25, -0.2) is 0 Å². The van der Waals surface area contributed by atoms with Crippen LogP contribution in [0.15, 0.2) is 199 Å². The van der Waals surface area contributed by atoms with Gasteiger partial charge in [0, 0.05) is 21.8 Å². The molecule has 60 heavy (non-hydrogen) atoms. The molecule has 13 rings (SSSR count). The number of hydrogen-bond acceptors (Lipinski definition) is 1. The van der Waals surface area contributed by atoms with Crippen molar-refractivity contribution in [2.75, 3.05) is 0 Å². The molecule has 12 aromatic rings. The molecule has 0 saturated carbocycles. The van der Waals surface area contributed by atoms with E-state index in [2.05, 4.69) is 208 Å². The summed E-state index contributed by atoms with van der Waals surface area (Å²) in [5, 5.41) is 14.9. The number of fused-ring (bicyclic) bond motifs is 13. The highest BCUT2D eigenvalue weighted by atomic mass is 16.3. The largest absolute Gasteiger partial charge is 0.455 e. The quantitative estimate of drug-likeness (QED) is 0.163. The van der Waals surface area contributed by atoms with Crippen LogP contribution in [0.25, 0.3) is 120 Å². The lowest BCUT2D eigenvalue weighted by Crippen LogP contribution is -2.15. The fourth-order valence-electron chi connectivity index (χ4n) is 11.0. The Kier molecular flexibility index (Phi) is 6.85. The Morgan fingerprint density at radius 2 is 0.833 bits per heavy atom. The van der Waals surface area contributed by atoms with Gasteiger partial charge in [0.05, 0.1) is 0 Å². The molecule has 11 aromatic carbocycles. The highest BCUT2D eigenvalue weighted by Gasteiger charge is 2.39. The van der Waals surface area contributed by atoms with Gasteiger partial charge < -0.3 is 4.42 Å². The minimum absolute atomic E-state index is 0.141. The van der Waals surface area contributed by atoms with E-state index in [0.717, 1.165) is 27.5 Å². The van der Waals surface area contributed by atoms with Crippen molar-refractivity contribution in [3.63, 3.8) is 0 Å². The fraction of sp³-hybridized carbons (Fsp3) is 0.0508. The van der Waals surface area contributed by atoms with Crippen LogP contribution in [0.3, 0.4) is 0 Å². The molecular formula is C59H38O. The highest BCUT2D eigenvalue weighted by molar-refractivity contribution is 6.26. The maximum Gasteiger partial charge on any atom is 0.143 e. The summed E-state index contributed by atoms with van der Waals surface area (Å²) in [5.74, 6) is 0. The van der Waals surface area contributed by atoms with E-state index in [-0.39, 0.29) is 5.41 Å². The zero-order chi connectivity index (χ0) is 39.7. The van der Waals surface area contributed by atoms with E-state index in [0.29, 0.717) is 0 Å². The van der Waals surface area contributed by atoms with Crippen LogP contribution in [-0.2, 0) is 5.41 Å². The number of rotatable bonds is 3. The second-order valence-corrected chi connectivity index (χ2v) is 17.1. The van der Waals surface area contributed by atoms with E-state index >= 15 is 0 Å². The minimum Gasteiger partial charge on any atom is -0.455 e. The first-order chi connectivity index (χ1) is 29.5. The van der Waals surface area contributed by atoms with Gasteiger partial charge in [-0.1, -0.05) is 196 Å². The average Bonchev–Trinajstić information content (AvgIpc) is 3.79. The van der Waals surface area contributed by atoms with Crippen molar-refractivity contribution in [1.29, 1.82) is 0 Å². The van der Waals surface area contributed by atoms with Crippen LogP contribution in [0.5, 0.6) is 0 Å². The molecule has 0 bridgehead atoms. The summed E-state index contributed by atoms with van der Waals surface area (Å²) in [4.78, 5) is 0. The number of benzene rings is 11. The molecule has 0 fully saturated rings. The van der Waals surface area contributed by atoms with Crippen molar-refractivity contribution in [3.8, 4) is 44.5 Å². The lowest BCUT2D eigenvalue weighted by molar-refractivity contribution is 0.656. The molecule has 1 aliphatic rings.